The van der Waals surface area contributed by atoms with Crippen molar-refractivity contribution < 1.29 is 22.8 Å². The lowest BCUT2D eigenvalue weighted by Crippen LogP contribution is -2.23. The lowest BCUT2D eigenvalue weighted by Gasteiger charge is -2.09. The van der Waals surface area contributed by atoms with Crippen LogP contribution in [0.15, 0.2) is 73.1 Å². The summed E-state index contributed by atoms with van der Waals surface area (Å²) < 4.78 is 37.7. The number of pyridine rings is 1. The first-order valence-corrected chi connectivity index (χ1v) is 8.59. The molecule has 1 heterocycles. The minimum atomic E-state index is -4.44. The molecule has 2 N–H and O–H groups in total. The van der Waals surface area contributed by atoms with Crippen LogP contribution in [-0.4, -0.2) is 16.8 Å². The molecular formula is C21H16F3N3O2. The van der Waals surface area contributed by atoms with Crippen molar-refractivity contribution in [3.05, 3.63) is 95.3 Å². The molecule has 3 rings (SSSR count). The van der Waals surface area contributed by atoms with Crippen LogP contribution in [0.1, 0.15) is 31.8 Å². The summed E-state index contributed by atoms with van der Waals surface area (Å²) in [5, 5.41) is 5.38. The highest BCUT2D eigenvalue weighted by atomic mass is 19.4. The fourth-order valence-electron chi connectivity index (χ4n) is 2.50. The van der Waals surface area contributed by atoms with Crippen molar-refractivity contribution >= 4 is 17.5 Å². The smallest absolute Gasteiger partial charge is 0.348 e. The maximum atomic E-state index is 12.6. The lowest BCUT2D eigenvalue weighted by molar-refractivity contribution is -0.137. The van der Waals surface area contributed by atoms with Crippen molar-refractivity contribution in [2.45, 2.75) is 12.7 Å². The van der Waals surface area contributed by atoms with Crippen molar-refractivity contribution in [2.75, 3.05) is 5.32 Å². The number of hydrogen-bond donors (Lipinski definition) is 2. The zero-order chi connectivity index (χ0) is 20.9. The fourth-order valence-corrected chi connectivity index (χ4v) is 2.50. The first kappa shape index (κ1) is 20.1. The fraction of sp³-hybridized carbons (Fsp3) is 0.0952. The van der Waals surface area contributed by atoms with E-state index < -0.39 is 17.6 Å². The Balaban J connectivity index is 1.54. The number of carbonyl (C=O) groups excluding carboxylic acids is 2. The molecule has 0 aliphatic carbocycles. The molecule has 0 atom stereocenters. The quantitative estimate of drug-likeness (QED) is 0.673. The predicted molar refractivity (Wildman–Crippen MR) is 101 cm³/mol. The van der Waals surface area contributed by atoms with Crippen molar-refractivity contribution in [3.8, 4) is 0 Å². The molecule has 0 fully saturated rings. The van der Waals surface area contributed by atoms with Gasteiger partial charge in [0.1, 0.15) is 0 Å². The molecular weight excluding hydrogens is 383 g/mol. The number of amides is 2. The van der Waals surface area contributed by atoms with Gasteiger partial charge in [0.25, 0.3) is 11.8 Å². The molecule has 8 heteroatoms. The largest absolute Gasteiger partial charge is 0.416 e. The molecule has 0 saturated carbocycles. The van der Waals surface area contributed by atoms with Crippen LogP contribution in [0.25, 0.3) is 0 Å². The number of alkyl halides is 3. The third-order valence-corrected chi connectivity index (χ3v) is 4.06. The van der Waals surface area contributed by atoms with Gasteiger partial charge in [-0.2, -0.15) is 13.2 Å². The molecule has 0 radical (unpaired) electrons. The number of aromatic nitrogens is 1. The maximum Gasteiger partial charge on any atom is 0.416 e. The minimum absolute atomic E-state index is 0.137. The molecule has 2 aromatic carbocycles. The van der Waals surface area contributed by atoms with Gasteiger partial charge in [0, 0.05) is 30.2 Å². The molecule has 0 aliphatic heterocycles. The summed E-state index contributed by atoms with van der Waals surface area (Å²) in [6.45, 7) is 0.191. The van der Waals surface area contributed by atoms with Crippen LogP contribution in [0.3, 0.4) is 0 Å². The van der Waals surface area contributed by atoms with Gasteiger partial charge in [-0.15, -0.1) is 0 Å². The van der Waals surface area contributed by atoms with Crippen LogP contribution in [0.2, 0.25) is 0 Å². The number of rotatable bonds is 5. The number of halogens is 3. The van der Waals surface area contributed by atoms with E-state index in [0.717, 1.165) is 29.8 Å². The summed E-state index contributed by atoms with van der Waals surface area (Å²) >= 11 is 0. The zero-order valence-electron chi connectivity index (χ0n) is 15.0. The Morgan fingerprint density at radius 3 is 2.14 bits per heavy atom. The summed E-state index contributed by atoms with van der Waals surface area (Å²) in [5.41, 5.74) is 1.11. The molecule has 1 aromatic heterocycles. The van der Waals surface area contributed by atoms with E-state index in [1.165, 1.54) is 6.20 Å². The summed E-state index contributed by atoms with van der Waals surface area (Å²) in [6.07, 6.45) is -1.41. The van der Waals surface area contributed by atoms with E-state index in [4.69, 9.17) is 0 Å². The van der Waals surface area contributed by atoms with Crippen LogP contribution in [-0.2, 0) is 12.7 Å². The Labute approximate surface area is 164 Å². The van der Waals surface area contributed by atoms with Gasteiger partial charge < -0.3 is 10.6 Å². The van der Waals surface area contributed by atoms with E-state index in [9.17, 15) is 22.8 Å². The monoisotopic (exact) mass is 399 g/mol. The second kappa shape index (κ2) is 8.55. The van der Waals surface area contributed by atoms with Gasteiger partial charge >= 0.3 is 6.18 Å². The topological polar surface area (TPSA) is 71.1 Å². The van der Waals surface area contributed by atoms with Crippen LogP contribution >= 0.6 is 0 Å². The highest BCUT2D eigenvalue weighted by molar-refractivity contribution is 6.04. The highest BCUT2D eigenvalue weighted by Gasteiger charge is 2.30. The first-order valence-electron chi connectivity index (χ1n) is 8.59. The third kappa shape index (κ3) is 5.41. The molecule has 0 unspecified atom stereocenters. The molecule has 0 bridgehead atoms. The lowest BCUT2D eigenvalue weighted by atomic mass is 10.1. The maximum absolute atomic E-state index is 12.6. The first-order chi connectivity index (χ1) is 13.8. The van der Waals surface area contributed by atoms with Gasteiger partial charge in [0.2, 0.25) is 0 Å². The Morgan fingerprint density at radius 1 is 0.862 bits per heavy atom. The van der Waals surface area contributed by atoms with Gasteiger partial charge in [0.05, 0.1) is 11.1 Å². The van der Waals surface area contributed by atoms with E-state index in [0.29, 0.717) is 11.3 Å². The average Bonchev–Trinajstić information content (AvgIpc) is 2.73. The Hall–Kier alpha value is -3.68. The average molecular weight is 399 g/mol. The van der Waals surface area contributed by atoms with Crippen molar-refractivity contribution in [3.63, 3.8) is 0 Å². The zero-order valence-corrected chi connectivity index (χ0v) is 15.0. The van der Waals surface area contributed by atoms with E-state index >= 15 is 0 Å². The van der Waals surface area contributed by atoms with Gasteiger partial charge in [-0.05, 0) is 54.1 Å². The molecule has 29 heavy (non-hydrogen) atoms. The summed E-state index contributed by atoms with van der Waals surface area (Å²) in [6, 6.07) is 14.2. The molecule has 2 amide bonds. The van der Waals surface area contributed by atoms with Gasteiger partial charge in [-0.3, -0.25) is 14.6 Å². The Morgan fingerprint density at radius 2 is 1.55 bits per heavy atom. The minimum Gasteiger partial charge on any atom is -0.348 e. The Kier molecular flexibility index (Phi) is 5.92. The molecule has 0 spiro atoms. The second-order valence-electron chi connectivity index (χ2n) is 6.15. The number of benzene rings is 2. The number of carbonyl (C=O) groups is 2. The van der Waals surface area contributed by atoms with Crippen LogP contribution in [0, 0.1) is 0 Å². The van der Waals surface area contributed by atoms with Crippen LogP contribution in [0.4, 0.5) is 18.9 Å². The molecule has 0 saturated heterocycles. The van der Waals surface area contributed by atoms with Crippen LogP contribution in [0.5, 0.6) is 0 Å². The van der Waals surface area contributed by atoms with E-state index in [2.05, 4.69) is 15.6 Å². The molecule has 0 aliphatic rings. The standard InChI is InChI=1S/C21H16F3N3O2/c22-21(23,24)17-7-5-15(6-8-17)19(28)26-12-14-3-9-18(10-4-14)27-20(29)16-2-1-11-25-13-16/h1-11,13H,12H2,(H,26,28)(H,27,29). The second-order valence-corrected chi connectivity index (χ2v) is 6.15. The summed E-state index contributed by atoms with van der Waals surface area (Å²) in [5.74, 6) is -0.769. The molecule has 3 aromatic rings. The van der Waals surface area contributed by atoms with E-state index in [1.54, 1.807) is 42.6 Å². The predicted octanol–water partition coefficient (Wildman–Crippen LogP) is 4.28. The van der Waals surface area contributed by atoms with Gasteiger partial charge in [0.15, 0.2) is 0 Å². The highest BCUT2D eigenvalue weighted by Crippen LogP contribution is 2.29. The number of anilines is 1. The Bertz CT molecular complexity index is 986. The van der Waals surface area contributed by atoms with E-state index in [1.807, 2.05) is 0 Å². The van der Waals surface area contributed by atoms with Crippen molar-refractivity contribution in [1.29, 1.82) is 0 Å². The number of nitrogens with one attached hydrogen (secondary N) is 2. The summed E-state index contributed by atoms with van der Waals surface area (Å²) in [7, 11) is 0. The van der Waals surface area contributed by atoms with Gasteiger partial charge in [-0.1, -0.05) is 12.1 Å². The van der Waals surface area contributed by atoms with Crippen molar-refractivity contribution in [2.24, 2.45) is 0 Å². The number of hydrogen-bond acceptors (Lipinski definition) is 3. The van der Waals surface area contributed by atoms with Crippen molar-refractivity contribution in [1.82, 2.24) is 10.3 Å². The number of nitrogens with zero attached hydrogens (tertiary/aromatic N) is 1. The third-order valence-electron chi connectivity index (χ3n) is 4.06. The van der Waals surface area contributed by atoms with E-state index in [-0.39, 0.29) is 18.0 Å². The molecule has 148 valence electrons. The normalized spacial score (nSPS) is 11.0. The summed E-state index contributed by atoms with van der Waals surface area (Å²) in [4.78, 5) is 28.1. The SMILES string of the molecule is O=C(NCc1ccc(NC(=O)c2cccnc2)cc1)c1ccc(C(F)(F)F)cc1. The molecule has 5 nitrogen and oxygen atoms in total. The van der Waals surface area contributed by atoms with Gasteiger partial charge in [-0.25, -0.2) is 0 Å². The van der Waals surface area contributed by atoms with Crippen LogP contribution < -0.4 is 10.6 Å².